The molecule has 1 aromatic rings. The zero-order valence-electron chi connectivity index (χ0n) is 21.5. The molecule has 0 amide bonds. The van der Waals surface area contributed by atoms with E-state index in [2.05, 4.69) is 11.9 Å². The second-order valence-corrected chi connectivity index (χ2v) is 9.99. The summed E-state index contributed by atoms with van der Waals surface area (Å²) in [5.74, 6) is -0.286. The summed E-state index contributed by atoms with van der Waals surface area (Å²) in [6.45, 7) is 2.01. The molecule has 0 radical (unpaired) electrons. The molecule has 8 heteroatoms. The topological polar surface area (TPSA) is 107 Å². The fraction of sp³-hybridized carbons (Fsp3) is 0.815. The number of aliphatic hydroxyl groups excluding tert-OH is 1. The quantitative estimate of drug-likeness (QED) is 0.216. The first-order valence-electron chi connectivity index (χ1n) is 13.9. The highest BCUT2D eigenvalue weighted by Crippen LogP contribution is 2.40. The number of nitrogens with zero attached hydrogens (tertiary/aromatic N) is 2. The minimum absolute atomic E-state index is 0.0941. The standard InChI is InChI=1S/C27H45N3O5/c1-2-3-4-5-6-7-8-9-10-11-12-13-14-15-16-17-23(32)34-24-21(20-31)33-26-25(24)35-27-29-22(28)18-19-30(26)27/h18-19,21,24-26,28,31H,2-17,20H2,1H3/t21-,24-,25+,26-/m1/s1. The summed E-state index contributed by atoms with van der Waals surface area (Å²) in [4.78, 5) is 16.5. The Morgan fingerprint density at radius 3 is 2.14 bits per heavy atom. The van der Waals surface area contributed by atoms with Crippen LogP contribution in [-0.4, -0.2) is 45.5 Å². The van der Waals surface area contributed by atoms with Gasteiger partial charge in [-0.25, -0.2) is 0 Å². The van der Waals surface area contributed by atoms with E-state index in [1.165, 1.54) is 77.0 Å². The van der Waals surface area contributed by atoms with E-state index < -0.39 is 24.5 Å². The lowest BCUT2D eigenvalue weighted by Crippen LogP contribution is -2.39. The molecule has 0 saturated carbocycles. The van der Waals surface area contributed by atoms with E-state index in [9.17, 15) is 9.90 Å². The Bertz CT molecular complexity index is 814. The van der Waals surface area contributed by atoms with Crippen molar-refractivity contribution in [2.45, 2.75) is 134 Å². The molecule has 8 nitrogen and oxygen atoms in total. The number of esters is 1. The zero-order chi connectivity index (χ0) is 24.9. The van der Waals surface area contributed by atoms with E-state index in [1.54, 1.807) is 16.8 Å². The summed E-state index contributed by atoms with van der Waals surface area (Å²) in [5.41, 5.74) is 0.0941. The fourth-order valence-electron chi connectivity index (χ4n) is 5.01. The van der Waals surface area contributed by atoms with Crippen LogP contribution in [0, 0.1) is 5.41 Å². The van der Waals surface area contributed by atoms with Gasteiger partial charge in [0.15, 0.2) is 23.9 Å². The first-order chi connectivity index (χ1) is 17.1. The molecule has 1 fully saturated rings. The average Bonchev–Trinajstić information content (AvgIpc) is 3.36. The first-order valence-corrected chi connectivity index (χ1v) is 13.9. The third kappa shape index (κ3) is 8.60. The van der Waals surface area contributed by atoms with Crippen LogP contribution >= 0.6 is 0 Å². The van der Waals surface area contributed by atoms with Crippen LogP contribution in [0.4, 0.5) is 0 Å². The molecule has 3 heterocycles. The van der Waals surface area contributed by atoms with Gasteiger partial charge < -0.3 is 19.3 Å². The van der Waals surface area contributed by atoms with Crippen molar-refractivity contribution >= 4 is 5.97 Å². The van der Waals surface area contributed by atoms with Gasteiger partial charge >= 0.3 is 12.0 Å². The summed E-state index contributed by atoms with van der Waals surface area (Å²) in [7, 11) is 0. The molecule has 3 rings (SSSR count). The number of carbonyl (C=O) groups excluding carboxylic acids is 1. The third-order valence-corrected chi connectivity index (χ3v) is 7.06. The molecule has 2 aliphatic heterocycles. The first kappa shape index (κ1) is 27.7. The predicted molar refractivity (Wildman–Crippen MR) is 133 cm³/mol. The zero-order valence-corrected chi connectivity index (χ0v) is 21.5. The number of nitrogens with one attached hydrogen (secondary N) is 1. The Labute approximate surface area is 209 Å². The number of hydrogen-bond donors (Lipinski definition) is 2. The number of aliphatic hydroxyl groups is 1. The lowest BCUT2D eigenvalue weighted by Gasteiger charge is -2.20. The number of fused-ring (bicyclic) bond motifs is 3. The van der Waals surface area contributed by atoms with Gasteiger partial charge in [0, 0.05) is 12.6 Å². The van der Waals surface area contributed by atoms with Crippen molar-refractivity contribution in [1.29, 1.82) is 5.41 Å². The predicted octanol–water partition coefficient (Wildman–Crippen LogP) is 5.19. The van der Waals surface area contributed by atoms with Crippen LogP contribution in [0.5, 0.6) is 6.01 Å². The van der Waals surface area contributed by atoms with Crippen molar-refractivity contribution in [2.24, 2.45) is 0 Å². The molecule has 0 bridgehead atoms. The molecule has 2 N–H and O–H groups in total. The molecule has 1 saturated heterocycles. The van der Waals surface area contributed by atoms with Gasteiger partial charge in [0.2, 0.25) is 0 Å². The van der Waals surface area contributed by atoms with Crippen LogP contribution in [0.15, 0.2) is 12.3 Å². The molecule has 1 aromatic heterocycles. The molecular weight excluding hydrogens is 446 g/mol. The summed E-state index contributed by atoms with van der Waals surface area (Å²) in [5, 5.41) is 17.3. The smallest absolute Gasteiger partial charge is 0.306 e. The molecule has 0 aromatic carbocycles. The Morgan fingerprint density at radius 1 is 1.00 bits per heavy atom. The van der Waals surface area contributed by atoms with Crippen molar-refractivity contribution in [3.05, 3.63) is 17.8 Å². The summed E-state index contributed by atoms with van der Waals surface area (Å²) >= 11 is 0. The van der Waals surface area contributed by atoms with Crippen molar-refractivity contribution in [3.8, 4) is 6.01 Å². The van der Waals surface area contributed by atoms with Gasteiger partial charge in [0.05, 0.1) is 6.61 Å². The highest BCUT2D eigenvalue weighted by Gasteiger charge is 2.53. The maximum absolute atomic E-state index is 12.4. The maximum Gasteiger partial charge on any atom is 0.306 e. The van der Waals surface area contributed by atoms with E-state index in [0.717, 1.165) is 19.3 Å². The third-order valence-electron chi connectivity index (χ3n) is 7.06. The van der Waals surface area contributed by atoms with Crippen molar-refractivity contribution in [3.63, 3.8) is 0 Å². The minimum Gasteiger partial charge on any atom is -0.455 e. The normalized spacial score (nSPS) is 22.6. The van der Waals surface area contributed by atoms with E-state index >= 15 is 0 Å². The Balaban J connectivity index is 1.21. The van der Waals surface area contributed by atoms with Gasteiger partial charge in [-0.2, -0.15) is 4.98 Å². The summed E-state index contributed by atoms with van der Waals surface area (Å²) in [6.07, 6.45) is 18.9. The fourth-order valence-corrected chi connectivity index (χ4v) is 5.01. The molecule has 0 spiro atoms. The molecule has 198 valence electrons. The molecule has 0 aliphatic carbocycles. The van der Waals surface area contributed by atoms with E-state index in [1.807, 2.05) is 0 Å². The SMILES string of the molecule is CCCCCCCCCCCCCCCCCC(=O)O[C@H]1[C@@H]2Oc3nc(=N)ccn3[C@@H]2O[C@@H]1CO. The molecule has 0 unspecified atom stereocenters. The number of ether oxygens (including phenoxy) is 3. The Morgan fingerprint density at radius 2 is 1.57 bits per heavy atom. The minimum atomic E-state index is -0.690. The van der Waals surface area contributed by atoms with Crippen LogP contribution in [0.2, 0.25) is 0 Å². The van der Waals surface area contributed by atoms with Crippen LogP contribution in [0.1, 0.15) is 116 Å². The monoisotopic (exact) mass is 491 g/mol. The molecule has 2 aliphatic rings. The van der Waals surface area contributed by atoms with Gasteiger partial charge in [0.1, 0.15) is 6.10 Å². The molecule has 4 atom stereocenters. The second-order valence-electron chi connectivity index (χ2n) is 9.99. The van der Waals surface area contributed by atoms with Crippen LogP contribution in [-0.2, 0) is 14.3 Å². The highest BCUT2D eigenvalue weighted by molar-refractivity contribution is 5.69. The second kappa shape index (κ2) is 15.2. The van der Waals surface area contributed by atoms with Crippen LogP contribution in [0.3, 0.4) is 0 Å². The summed E-state index contributed by atoms with van der Waals surface area (Å²) < 4.78 is 19.0. The van der Waals surface area contributed by atoms with Crippen molar-refractivity contribution in [1.82, 2.24) is 9.55 Å². The van der Waals surface area contributed by atoms with Gasteiger partial charge in [0.25, 0.3) is 0 Å². The average molecular weight is 492 g/mol. The van der Waals surface area contributed by atoms with Crippen molar-refractivity contribution in [2.75, 3.05) is 6.61 Å². The number of aromatic nitrogens is 2. The van der Waals surface area contributed by atoms with Gasteiger partial charge in [-0.1, -0.05) is 96.8 Å². The highest BCUT2D eigenvalue weighted by atomic mass is 16.7. The van der Waals surface area contributed by atoms with Crippen LogP contribution in [0.25, 0.3) is 0 Å². The number of carbonyl (C=O) groups is 1. The van der Waals surface area contributed by atoms with Gasteiger partial charge in [-0.05, 0) is 12.5 Å². The largest absolute Gasteiger partial charge is 0.455 e. The molecular formula is C27H45N3O5. The Hall–Kier alpha value is -1.93. The lowest BCUT2D eigenvalue weighted by atomic mass is 10.0. The molecule has 35 heavy (non-hydrogen) atoms. The maximum atomic E-state index is 12.4. The van der Waals surface area contributed by atoms with E-state index in [-0.39, 0.29) is 24.1 Å². The number of rotatable bonds is 18. The van der Waals surface area contributed by atoms with E-state index in [4.69, 9.17) is 19.6 Å². The summed E-state index contributed by atoms with van der Waals surface area (Å²) in [6, 6.07) is 1.81. The van der Waals surface area contributed by atoms with Crippen LogP contribution < -0.4 is 10.2 Å². The number of unbranched alkanes of at least 4 members (excludes halogenated alkanes) is 14. The Kier molecular flexibility index (Phi) is 12.0. The van der Waals surface area contributed by atoms with E-state index in [0.29, 0.717) is 6.42 Å². The van der Waals surface area contributed by atoms with Gasteiger partial charge in [-0.15, -0.1) is 0 Å². The van der Waals surface area contributed by atoms with Gasteiger partial charge in [-0.3, -0.25) is 14.8 Å². The van der Waals surface area contributed by atoms with Crippen molar-refractivity contribution < 1.29 is 24.1 Å². The number of hydrogen-bond acceptors (Lipinski definition) is 7. The lowest BCUT2D eigenvalue weighted by molar-refractivity contribution is -0.156.